The number of nitrogens with one attached hydrogen (secondary N) is 2. The molecule has 0 spiro atoms. The first-order valence-corrected chi connectivity index (χ1v) is 6.24. The molecule has 0 saturated carbocycles. The Morgan fingerprint density at radius 1 is 1.29 bits per heavy atom. The minimum atomic E-state index is -1.28. The van der Waals surface area contributed by atoms with Crippen LogP contribution in [0.15, 0.2) is 0 Å². The van der Waals surface area contributed by atoms with Crippen LogP contribution < -0.4 is 16.4 Å². The molecule has 0 aromatic heterocycles. The van der Waals surface area contributed by atoms with Crippen molar-refractivity contribution in [2.45, 2.75) is 44.7 Å². The number of methoxy groups -OCH3 is 1. The summed E-state index contributed by atoms with van der Waals surface area (Å²) in [5, 5.41) is 13.6. The molecule has 5 N–H and O–H groups in total. The zero-order chi connectivity index (χ0) is 16.6. The minimum Gasteiger partial charge on any atom is -0.480 e. The third-order valence-electron chi connectivity index (χ3n) is 2.54. The van der Waals surface area contributed by atoms with Crippen molar-refractivity contribution in [2.75, 3.05) is 7.11 Å². The van der Waals surface area contributed by atoms with E-state index in [1.807, 2.05) is 0 Å². The van der Waals surface area contributed by atoms with Crippen LogP contribution in [-0.2, 0) is 19.1 Å². The third-order valence-corrected chi connectivity index (χ3v) is 2.54. The quantitative estimate of drug-likeness (QED) is 0.438. The molecule has 0 unspecified atom stereocenters. The SMILES string of the molecule is COC(=O)CC[C@@H](NC(=O)NC(C)(C)CC(N)=O)C(=O)O. The Morgan fingerprint density at radius 2 is 1.86 bits per heavy atom. The Hall–Kier alpha value is -2.32. The third kappa shape index (κ3) is 8.45. The maximum absolute atomic E-state index is 11.7. The molecular weight excluding hydrogens is 282 g/mol. The lowest BCUT2D eigenvalue weighted by Crippen LogP contribution is -2.53. The highest BCUT2D eigenvalue weighted by atomic mass is 16.5. The summed E-state index contributed by atoms with van der Waals surface area (Å²) in [6.07, 6.45) is -0.343. The fourth-order valence-corrected chi connectivity index (χ4v) is 1.60. The molecule has 0 aliphatic carbocycles. The summed E-state index contributed by atoms with van der Waals surface area (Å²) in [5.74, 6) is -2.44. The molecule has 0 bridgehead atoms. The summed E-state index contributed by atoms with van der Waals surface area (Å²) in [6, 6.07) is -2.01. The number of carboxylic acid groups (broad SMARTS) is 1. The van der Waals surface area contributed by atoms with Crippen LogP contribution in [0.3, 0.4) is 0 Å². The molecule has 0 aromatic carbocycles. The van der Waals surface area contributed by atoms with Crippen LogP contribution in [0.1, 0.15) is 33.1 Å². The van der Waals surface area contributed by atoms with Gasteiger partial charge in [0.05, 0.1) is 7.11 Å². The normalized spacial score (nSPS) is 12.1. The van der Waals surface area contributed by atoms with Crippen molar-refractivity contribution < 1.29 is 29.0 Å². The van der Waals surface area contributed by atoms with Crippen LogP contribution >= 0.6 is 0 Å². The smallest absolute Gasteiger partial charge is 0.326 e. The highest BCUT2D eigenvalue weighted by Gasteiger charge is 2.26. The van der Waals surface area contributed by atoms with Gasteiger partial charge in [-0.2, -0.15) is 0 Å². The molecule has 0 aliphatic rings. The number of hydrogen-bond donors (Lipinski definition) is 4. The van der Waals surface area contributed by atoms with Crippen LogP contribution in [0.2, 0.25) is 0 Å². The summed E-state index contributed by atoms with van der Waals surface area (Å²) in [5.41, 5.74) is 4.13. The van der Waals surface area contributed by atoms with Crippen molar-refractivity contribution in [3.8, 4) is 0 Å². The number of primary amides is 1. The summed E-state index contributed by atoms with van der Waals surface area (Å²) in [7, 11) is 1.19. The lowest BCUT2D eigenvalue weighted by atomic mass is 10.0. The van der Waals surface area contributed by atoms with E-state index in [1.165, 1.54) is 7.11 Å². The van der Waals surface area contributed by atoms with Crippen LogP contribution in [-0.4, -0.2) is 47.7 Å². The number of hydrogen-bond acceptors (Lipinski definition) is 5. The Balaban J connectivity index is 4.51. The van der Waals surface area contributed by atoms with Gasteiger partial charge in [-0.1, -0.05) is 0 Å². The molecule has 0 saturated heterocycles. The number of amides is 3. The van der Waals surface area contributed by atoms with Crippen molar-refractivity contribution in [3.05, 3.63) is 0 Å². The van der Waals surface area contributed by atoms with Gasteiger partial charge in [0.1, 0.15) is 6.04 Å². The molecule has 3 amide bonds. The van der Waals surface area contributed by atoms with E-state index in [0.717, 1.165) is 0 Å². The van der Waals surface area contributed by atoms with Crippen LogP contribution in [0, 0.1) is 0 Å². The largest absolute Gasteiger partial charge is 0.480 e. The van der Waals surface area contributed by atoms with Crippen LogP contribution in [0.4, 0.5) is 4.79 Å². The lowest BCUT2D eigenvalue weighted by Gasteiger charge is -2.26. The van der Waals surface area contributed by atoms with Crippen molar-refractivity contribution in [2.24, 2.45) is 5.73 Å². The van der Waals surface area contributed by atoms with E-state index in [2.05, 4.69) is 15.4 Å². The number of rotatable bonds is 8. The maximum Gasteiger partial charge on any atom is 0.326 e. The van der Waals surface area contributed by atoms with Crippen molar-refractivity contribution >= 4 is 23.9 Å². The van der Waals surface area contributed by atoms with Crippen LogP contribution in [0.25, 0.3) is 0 Å². The van der Waals surface area contributed by atoms with Gasteiger partial charge in [0.2, 0.25) is 5.91 Å². The molecule has 0 aromatic rings. The Morgan fingerprint density at radius 3 is 2.29 bits per heavy atom. The number of nitrogens with two attached hydrogens (primary N) is 1. The van der Waals surface area contributed by atoms with Crippen molar-refractivity contribution in [3.63, 3.8) is 0 Å². The zero-order valence-electron chi connectivity index (χ0n) is 12.3. The van der Waals surface area contributed by atoms with E-state index in [1.54, 1.807) is 13.8 Å². The van der Waals surface area contributed by atoms with E-state index < -0.39 is 35.5 Å². The second-order valence-electron chi connectivity index (χ2n) is 5.13. The van der Waals surface area contributed by atoms with E-state index in [0.29, 0.717) is 0 Å². The topological polar surface area (TPSA) is 148 Å². The van der Waals surface area contributed by atoms with Crippen LogP contribution in [0.5, 0.6) is 0 Å². The number of carbonyl (C=O) groups excluding carboxylic acids is 3. The van der Waals surface area contributed by atoms with E-state index in [9.17, 15) is 19.2 Å². The van der Waals surface area contributed by atoms with E-state index >= 15 is 0 Å². The average Bonchev–Trinajstić information content (AvgIpc) is 2.30. The number of urea groups is 1. The first-order valence-electron chi connectivity index (χ1n) is 6.24. The predicted molar refractivity (Wildman–Crippen MR) is 72.2 cm³/mol. The summed E-state index contributed by atoms with van der Waals surface area (Å²) < 4.78 is 4.40. The van der Waals surface area contributed by atoms with Gasteiger partial charge < -0.3 is 26.2 Å². The lowest BCUT2D eigenvalue weighted by molar-refractivity contribution is -0.142. The van der Waals surface area contributed by atoms with Gasteiger partial charge in [-0.15, -0.1) is 0 Å². The molecule has 0 heterocycles. The second kappa shape index (κ2) is 8.08. The molecule has 120 valence electrons. The summed E-state index contributed by atoms with van der Waals surface area (Å²) >= 11 is 0. The van der Waals surface area contributed by atoms with E-state index in [-0.39, 0.29) is 19.3 Å². The first kappa shape index (κ1) is 18.7. The van der Waals surface area contributed by atoms with Gasteiger partial charge in [0.25, 0.3) is 0 Å². The van der Waals surface area contributed by atoms with Crippen molar-refractivity contribution in [1.82, 2.24) is 10.6 Å². The first-order chi connectivity index (χ1) is 9.57. The maximum atomic E-state index is 11.7. The number of carbonyl (C=O) groups is 4. The molecular formula is C12H21N3O6. The molecule has 9 nitrogen and oxygen atoms in total. The Kier molecular flexibility index (Phi) is 7.18. The fraction of sp³-hybridized carbons (Fsp3) is 0.667. The summed E-state index contributed by atoms with van der Waals surface area (Å²) in [6.45, 7) is 3.14. The molecule has 9 heteroatoms. The number of aliphatic carboxylic acids is 1. The van der Waals surface area contributed by atoms with Gasteiger partial charge in [-0.05, 0) is 20.3 Å². The molecule has 0 rings (SSSR count). The van der Waals surface area contributed by atoms with Gasteiger partial charge >= 0.3 is 18.0 Å². The van der Waals surface area contributed by atoms with Crippen molar-refractivity contribution in [1.29, 1.82) is 0 Å². The van der Waals surface area contributed by atoms with Gasteiger partial charge in [-0.3, -0.25) is 9.59 Å². The monoisotopic (exact) mass is 303 g/mol. The van der Waals surface area contributed by atoms with Gasteiger partial charge in [0.15, 0.2) is 0 Å². The number of ether oxygens (including phenoxy) is 1. The Labute approximate surface area is 122 Å². The summed E-state index contributed by atoms with van der Waals surface area (Å²) in [4.78, 5) is 44.5. The second-order valence-corrected chi connectivity index (χ2v) is 5.13. The minimum absolute atomic E-state index is 0.0969. The standard InChI is InChI=1S/C12H21N3O6/c1-12(2,6-8(13)16)15-11(20)14-7(10(18)19)4-5-9(17)21-3/h7H,4-6H2,1-3H3,(H2,13,16)(H,18,19)(H2,14,15,20)/t7-/m1/s1. The average molecular weight is 303 g/mol. The predicted octanol–water partition coefficient (Wildman–Crippen LogP) is -0.654. The molecule has 0 radical (unpaired) electrons. The van der Waals surface area contributed by atoms with Gasteiger partial charge in [-0.25, -0.2) is 9.59 Å². The highest BCUT2D eigenvalue weighted by molar-refractivity contribution is 5.84. The fourth-order valence-electron chi connectivity index (χ4n) is 1.60. The van der Waals surface area contributed by atoms with Gasteiger partial charge in [0, 0.05) is 18.4 Å². The molecule has 21 heavy (non-hydrogen) atoms. The highest BCUT2D eigenvalue weighted by Crippen LogP contribution is 2.07. The number of carboxylic acids is 1. The molecule has 0 fully saturated rings. The molecule has 1 atom stereocenters. The zero-order valence-corrected chi connectivity index (χ0v) is 12.3. The molecule has 0 aliphatic heterocycles. The number of esters is 1. The van der Waals surface area contributed by atoms with E-state index in [4.69, 9.17) is 10.8 Å². The Bertz CT molecular complexity index is 421.